The van der Waals surface area contributed by atoms with Gasteiger partial charge in [0, 0.05) is 17.7 Å². The summed E-state index contributed by atoms with van der Waals surface area (Å²) >= 11 is 0. The van der Waals surface area contributed by atoms with Gasteiger partial charge in [0.1, 0.15) is 11.4 Å². The molecule has 0 radical (unpaired) electrons. The van der Waals surface area contributed by atoms with E-state index in [-0.39, 0.29) is 11.9 Å². The van der Waals surface area contributed by atoms with Gasteiger partial charge in [-0.1, -0.05) is 50.1 Å². The highest BCUT2D eigenvalue weighted by atomic mass is 16.5. The van der Waals surface area contributed by atoms with E-state index in [1.807, 2.05) is 47.4 Å². The number of carbonyl (C=O) groups excluding carboxylic acids is 1. The van der Waals surface area contributed by atoms with E-state index in [9.17, 15) is 4.79 Å². The molecule has 3 aromatic rings. The molecule has 1 amide bonds. The van der Waals surface area contributed by atoms with Crippen LogP contribution in [0.2, 0.25) is 0 Å². The van der Waals surface area contributed by atoms with Crippen LogP contribution in [-0.4, -0.2) is 34.7 Å². The number of benzene rings is 2. The van der Waals surface area contributed by atoms with E-state index in [1.165, 1.54) is 0 Å². The number of ether oxygens (including phenoxy) is 1. The minimum absolute atomic E-state index is 0.0345. The van der Waals surface area contributed by atoms with E-state index >= 15 is 0 Å². The number of nitrogens with one attached hydrogen (secondary N) is 1. The lowest BCUT2D eigenvalue weighted by atomic mass is 9.96. The van der Waals surface area contributed by atoms with Crippen molar-refractivity contribution >= 4 is 5.91 Å². The molecule has 1 N–H and O–H groups in total. The maximum atomic E-state index is 13.2. The number of fused-ring (bicyclic) bond motifs is 1. The molecule has 0 fully saturated rings. The number of hydrogen-bond acceptors (Lipinski definition) is 3. The summed E-state index contributed by atoms with van der Waals surface area (Å²) in [6.07, 6.45) is 3.24. The highest BCUT2D eigenvalue weighted by Crippen LogP contribution is 2.42. The molecule has 5 nitrogen and oxygen atoms in total. The lowest BCUT2D eigenvalue weighted by Gasteiger charge is -2.26. The third-order valence-corrected chi connectivity index (χ3v) is 5.35. The Kier molecular flexibility index (Phi) is 5.15. The number of methoxy groups -OCH3 is 1. The van der Waals surface area contributed by atoms with Gasteiger partial charge in [-0.15, -0.1) is 0 Å². The van der Waals surface area contributed by atoms with Gasteiger partial charge in [0.15, 0.2) is 0 Å². The summed E-state index contributed by atoms with van der Waals surface area (Å²) in [6, 6.07) is 17.9. The molecule has 28 heavy (non-hydrogen) atoms. The Morgan fingerprint density at radius 2 is 1.82 bits per heavy atom. The number of nitrogens with zero attached hydrogens (tertiary/aromatic N) is 2. The van der Waals surface area contributed by atoms with E-state index in [2.05, 4.69) is 29.3 Å². The molecule has 0 aliphatic carbocycles. The van der Waals surface area contributed by atoms with Crippen LogP contribution in [0.4, 0.5) is 0 Å². The monoisotopic (exact) mass is 375 g/mol. The molecule has 2 heterocycles. The molecule has 0 spiro atoms. The quantitative estimate of drug-likeness (QED) is 0.602. The molecule has 2 aromatic carbocycles. The zero-order chi connectivity index (χ0) is 19.5. The first kappa shape index (κ1) is 18.3. The van der Waals surface area contributed by atoms with Gasteiger partial charge in [-0.3, -0.25) is 9.89 Å². The number of H-pyrrole nitrogens is 1. The second-order valence-electron chi connectivity index (χ2n) is 7.11. The van der Waals surface area contributed by atoms with Crippen LogP contribution in [0.3, 0.4) is 0 Å². The van der Waals surface area contributed by atoms with Gasteiger partial charge in [0.05, 0.1) is 18.8 Å². The summed E-state index contributed by atoms with van der Waals surface area (Å²) in [4.78, 5) is 15.1. The summed E-state index contributed by atoms with van der Waals surface area (Å²) < 4.78 is 5.27. The molecule has 1 aliphatic rings. The van der Waals surface area contributed by atoms with Crippen LogP contribution in [0.5, 0.6) is 5.75 Å². The Balaban J connectivity index is 1.78. The van der Waals surface area contributed by atoms with Crippen molar-refractivity contribution in [2.75, 3.05) is 13.7 Å². The SMILES string of the molecule is CCCCCN1C(=O)c2[nH]nc(-c3ccc(OC)cc3)c2C1c1ccccc1. The molecule has 1 aromatic heterocycles. The zero-order valence-corrected chi connectivity index (χ0v) is 16.3. The fourth-order valence-corrected chi connectivity index (χ4v) is 3.91. The number of aromatic nitrogens is 2. The lowest BCUT2D eigenvalue weighted by Crippen LogP contribution is -2.30. The fraction of sp³-hybridized carbons (Fsp3) is 0.304. The van der Waals surface area contributed by atoms with E-state index in [0.717, 1.165) is 53.9 Å². The molecule has 1 atom stereocenters. The van der Waals surface area contributed by atoms with Gasteiger partial charge in [-0.2, -0.15) is 5.10 Å². The van der Waals surface area contributed by atoms with Crippen molar-refractivity contribution in [3.8, 4) is 17.0 Å². The van der Waals surface area contributed by atoms with E-state index in [0.29, 0.717) is 5.69 Å². The van der Waals surface area contributed by atoms with Crippen molar-refractivity contribution in [2.24, 2.45) is 0 Å². The Bertz CT molecular complexity index is 948. The normalized spacial score (nSPS) is 15.7. The van der Waals surface area contributed by atoms with Crippen LogP contribution >= 0.6 is 0 Å². The zero-order valence-electron chi connectivity index (χ0n) is 16.3. The number of hydrogen-bond donors (Lipinski definition) is 1. The Labute approximate surface area is 165 Å². The molecule has 144 valence electrons. The summed E-state index contributed by atoms with van der Waals surface area (Å²) in [6.45, 7) is 2.92. The Morgan fingerprint density at radius 1 is 1.07 bits per heavy atom. The average molecular weight is 375 g/mol. The van der Waals surface area contributed by atoms with E-state index in [1.54, 1.807) is 7.11 Å². The van der Waals surface area contributed by atoms with Crippen molar-refractivity contribution in [3.63, 3.8) is 0 Å². The number of unbranched alkanes of at least 4 members (excludes halogenated alkanes) is 2. The second-order valence-corrected chi connectivity index (χ2v) is 7.11. The summed E-state index contributed by atoms with van der Waals surface area (Å²) in [5, 5.41) is 7.52. The van der Waals surface area contributed by atoms with E-state index in [4.69, 9.17) is 4.74 Å². The second kappa shape index (κ2) is 7.89. The van der Waals surface area contributed by atoms with Crippen LogP contribution in [0.1, 0.15) is 53.8 Å². The topological polar surface area (TPSA) is 58.2 Å². The first-order valence-corrected chi connectivity index (χ1v) is 9.83. The highest BCUT2D eigenvalue weighted by Gasteiger charge is 2.41. The minimum Gasteiger partial charge on any atom is -0.497 e. The number of rotatable bonds is 7. The van der Waals surface area contributed by atoms with Gasteiger partial charge >= 0.3 is 0 Å². The Hall–Kier alpha value is -3.08. The molecular weight excluding hydrogens is 350 g/mol. The van der Waals surface area contributed by atoms with Crippen LogP contribution in [-0.2, 0) is 0 Å². The molecule has 0 saturated carbocycles. The third-order valence-electron chi connectivity index (χ3n) is 5.35. The summed E-state index contributed by atoms with van der Waals surface area (Å²) in [7, 11) is 1.65. The Morgan fingerprint density at radius 3 is 2.50 bits per heavy atom. The molecule has 5 heteroatoms. The van der Waals surface area contributed by atoms with Gasteiger partial charge in [0.2, 0.25) is 0 Å². The van der Waals surface area contributed by atoms with E-state index < -0.39 is 0 Å². The average Bonchev–Trinajstić information content (AvgIpc) is 3.28. The van der Waals surface area contributed by atoms with Crippen molar-refractivity contribution < 1.29 is 9.53 Å². The largest absolute Gasteiger partial charge is 0.497 e. The smallest absolute Gasteiger partial charge is 0.273 e. The van der Waals surface area contributed by atoms with Crippen LogP contribution in [0.15, 0.2) is 54.6 Å². The van der Waals surface area contributed by atoms with Crippen LogP contribution in [0.25, 0.3) is 11.3 Å². The van der Waals surface area contributed by atoms with Crippen LogP contribution < -0.4 is 4.74 Å². The van der Waals surface area contributed by atoms with Gasteiger partial charge in [-0.05, 0) is 36.2 Å². The standard InChI is InChI=1S/C23H25N3O2/c1-3-4-8-15-26-22(17-9-6-5-7-10-17)19-20(24-25-21(19)23(26)27)16-11-13-18(28-2)14-12-16/h5-7,9-14,22H,3-4,8,15H2,1-2H3,(H,24,25). The van der Waals surface area contributed by atoms with Gasteiger partial charge in [0.25, 0.3) is 5.91 Å². The highest BCUT2D eigenvalue weighted by molar-refractivity contribution is 6.00. The van der Waals surface area contributed by atoms with Gasteiger partial charge in [-0.25, -0.2) is 0 Å². The van der Waals surface area contributed by atoms with Crippen molar-refractivity contribution in [1.82, 2.24) is 15.1 Å². The van der Waals surface area contributed by atoms with Crippen molar-refractivity contribution in [1.29, 1.82) is 0 Å². The first-order valence-electron chi connectivity index (χ1n) is 9.83. The number of amides is 1. The van der Waals surface area contributed by atoms with Crippen LogP contribution in [0, 0.1) is 0 Å². The number of carbonyl (C=O) groups is 1. The lowest BCUT2D eigenvalue weighted by molar-refractivity contribution is 0.0740. The maximum Gasteiger partial charge on any atom is 0.273 e. The van der Waals surface area contributed by atoms with Crippen molar-refractivity contribution in [3.05, 3.63) is 71.4 Å². The molecule has 0 bridgehead atoms. The van der Waals surface area contributed by atoms with Gasteiger partial charge < -0.3 is 9.64 Å². The minimum atomic E-state index is -0.114. The predicted octanol–water partition coefficient (Wildman–Crippen LogP) is 4.82. The molecule has 1 aliphatic heterocycles. The molecular formula is C23H25N3O2. The summed E-state index contributed by atoms with van der Waals surface area (Å²) in [5.41, 5.74) is 4.50. The van der Waals surface area contributed by atoms with Crippen molar-refractivity contribution in [2.45, 2.75) is 32.2 Å². The first-order chi connectivity index (χ1) is 13.7. The number of aromatic amines is 1. The maximum absolute atomic E-state index is 13.2. The molecule has 1 unspecified atom stereocenters. The predicted molar refractivity (Wildman–Crippen MR) is 109 cm³/mol. The third kappa shape index (κ3) is 3.17. The summed E-state index contributed by atoms with van der Waals surface area (Å²) in [5.74, 6) is 0.833. The molecule has 4 rings (SSSR count). The fourth-order valence-electron chi connectivity index (χ4n) is 3.91. The molecule has 0 saturated heterocycles.